The number of rotatable bonds is 3. The third-order valence-corrected chi connectivity index (χ3v) is 4.46. The summed E-state index contributed by atoms with van der Waals surface area (Å²) < 4.78 is 16.0. The first-order valence-electron chi connectivity index (χ1n) is 4.52. The third kappa shape index (κ3) is 3.89. The van der Waals surface area contributed by atoms with Gasteiger partial charge in [-0.2, -0.15) is 0 Å². The van der Waals surface area contributed by atoms with E-state index in [2.05, 4.69) is 9.38 Å². The summed E-state index contributed by atoms with van der Waals surface area (Å²) in [6.07, 6.45) is 1.59. The van der Waals surface area contributed by atoms with Crippen LogP contribution in [-0.4, -0.2) is 25.9 Å². The highest BCUT2D eigenvalue weighted by Gasteiger charge is 2.27. The summed E-state index contributed by atoms with van der Waals surface area (Å²) in [5, 5.41) is 0. The zero-order valence-electron chi connectivity index (χ0n) is 9.16. The maximum atomic E-state index is 11.8. The normalized spacial score (nSPS) is 15.2. The molecule has 1 heterocycles. The van der Waals surface area contributed by atoms with E-state index in [0.717, 1.165) is 4.88 Å². The van der Waals surface area contributed by atoms with E-state index in [0.29, 0.717) is 10.2 Å². The van der Waals surface area contributed by atoms with Crippen molar-refractivity contribution in [1.29, 1.82) is 0 Å². The largest absolute Gasteiger partial charge is 0.591 e. The molecular formula is C9H12Cl2N2OS2. The van der Waals surface area contributed by atoms with Crippen LogP contribution in [0.5, 0.6) is 0 Å². The van der Waals surface area contributed by atoms with Crippen LogP contribution in [0, 0.1) is 0 Å². The number of thiazole rings is 1. The lowest BCUT2D eigenvalue weighted by molar-refractivity contribution is 0.561. The SMILES string of the molecule is CC(C)(C)[S+]([O-])/N=C(/CCl)c1cnc(Cl)s1. The summed E-state index contributed by atoms with van der Waals surface area (Å²) >= 11 is 11.5. The maximum absolute atomic E-state index is 11.8. The van der Waals surface area contributed by atoms with Crippen LogP contribution < -0.4 is 0 Å². The van der Waals surface area contributed by atoms with E-state index in [1.54, 1.807) is 6.20 Å². The Bertz CT molecular complexity index is 387. The Hall–Kier alpha value is 0.190. The first-order chi connectivity index (χ1) is 7.34. The molecule has 0 fully saturated rings. The lowest BCUT2D eigenvalue weighted by Crippen LogP contribution is -2.27. The Kier molecular flexibility index (Phi) is 5.07. The van der Waals surface area contributed by atoms with Gasteiger partial charge in [-0.15, -0.1) is 22.9 Å². The van der Waals surface area contributed by atoms with Crippen molar-refractivity contribution in [2.24, 2.45) is 4.40 Å². The average Bonchev–Trinajstić information content (AvgIpc) is 2.59. The fraction of sp³-hybridized carbons (Fsp3) is 0.556. The summed E-state index contributed by atoms with van der Waals surface area (Å²) in [7, 11) is 0. The predicted molar refractivity (Wildman–Crippen MR) is 72.3 cm³/mol. The summed E-state index contributed by atoms with van der Waals surface area (Å²) in [4.78, 5) is 4.66. The van der Waals surface area contributed by atoms with E-state index in [1.807, 2.05) is 20.8 Å². The van der Waals surface area contributed by atoms with Crippen molar-refractivity contribution in [1.82, 2.24) is 4.98 Å². The first kappa shape index (κ1) is 14.3. The van der Waals surface area contributed by atoms with Crippen LogP contribution >= 0.6 is 34.5 Å². The van der Waals surface area contributed by atoms with E-state index >= 15 is 0 Å². The highest BCUT2D eigenvalue weighted by Crippen LogP contribution is 2.22. The van der Waals surface area contributed by atoms with Gasteiger partial charge in [0, 0.05) is 6.20 Å². The number of hydrogen-bond donors (Lipinski definition) is 0. The summed E-state index contributed by atoms with van der Waals surface area (Å²) in [5.41, 5.74) is 0.569. The Labute approximate surface area is 112 Å². The second-order valence-electron chi connectivity index (χ2n) is 4.01. The molecule has 7 heteroatoms. The Morgan fingerprint density at radius 1 is 1.62 bits per heavy atom. The van der Waals surface area contributed by atoms with Gasteiger partial charge < -0.3 is 4.55 Å². The van der Waals surface area contributed by atoms with Crippen LogP contribution in [0.25, 0.3) is 0 Å². The minimum atomic E-state index is -1.32. The molecule has 1 aromatic rings. The first-order valence-corrected chi connectivity index (χ1v) is 7.35. The molecule has 0 saturated heterocycles. The standard InChI is InChI=1S/C9H12Cl2N2OS2/c1-9(2,3)16(14)13-6(4-10)7-5-12-8(11)15-7/h5H,4H2,1-3H3/b13-6-. The molecule has 0 radical (unpaired) electrons. The molecule has 1 rings (SSSR count). The molecule has 90 valence electrons. The number of aromatic nitrogens is 1. The molecule has 0 saturated carbocycles. The van der Waals surface area contributed by atoms with Gasteiger partial charge in [-0.25, -0.2) is 4.98 Å². The van der Waals surface area contributed by atoms with E-state index in [9.17, 15) is 4.55 Å². The Morgan fingerprint density at radius 2 is 2.25 bits per heavy atom. The zero-order chi connectivity index (χ0) is 12.3. The topological polar surface area (TPSA) is 48.3 Å². The smallest absolute Gasteiger partial charge is 0.184 e. The molecule has 0 bridgehead atoms. The van der Waals surface area contributed by atoms with Crippen molar-refractivity contribution in [2.75, 3.05) is 5.88 Å². The quantitative estimate of drug-likeness (QED) is 0.488. The van der Waals surface area contributed by atoms with E-state index < -0.39 is 16.1 Å². The van der Waals surface area contributed by atoms with Gasteiger partial charge in [-0.1, -0.05) is 16.0 Å². The van der Waals surface area contributed by atoms with E-state index in [1.165, 1.54) is 11.3 Å². The van der Waals surface area contributed by atoms with Crippen LogP contribution in [0.1, 0.15) is 25.6 Å². The van der Waals surface area contributed by atoms with Gasteiger partial charge in [0.25, 0.3) is 0 Å². The van der Waals surface area contributed by atoms with Gasteiger partial charge in [-0.05, 0) is 20.8 Å². The number of nitrogens with zero attached hydrogens (tertiary/aromatic N) is 2. The monoisotopic (exact) mass is 298 g/mol. The molecule has 1 aromatic heterocycles. The molecule has 16 heavy (non-hydrogen) atoms. The molecule has 0 aliphatic carbocycles. The van der Waals surface area contributed by atoms with Gasteiger partial charge >= 0.3 is 0 Å². The van der Waals surface area contributed by atoms with Crippen LogP contribution in [0.3, 0.4) is 0 Å². The number of halogens is 2. The lowest BCUT2D eigenvalue weighted by Gasteiger charge is -2.18. The fourth-order valence-electron chi connectivity index (χ4n) is 0.758. The molecule has 0 aliphatic heterocycles. The molecule has 3 nitrogen and oxygen atoms in total. The summed E-state index contributed by atoms with van der Waals surface area (Å²) in [6.45, 7) is 5.58. The highest BCUT2D eigenvalue weighted by molar-refractivity contribution is 7.91. The van der Waals surface area contributed by atoms with E-state index in [4.69, 9.17) is 23.2 Å². The van der Waals surface area contributed by atoms with Crippen LogP contribution in [0.15, 0.2) is 10.6 Å². The van der Waals surface area contributed by atoms with Crippen molar-refractivity contribution in [3.63, 3.8) is 0 Å². The van der Waals surface area contributed by atoms with E-state index in [-0.39, 0.29) is 5.88 Å². The fourth-order valence-corrected chi connectivity index (χ4v) is 2.73. The van der Waals surface area contributed by atoms with Crippen molar-refractivity contribution < 1.29 is 4.55 Å². The minimum absolute atomic E-state index is 0.195. The summed E-state index contributed by atoms with van der Waals surface area (Å²) in [6, 6.07) is 0. The van der Waals surface area contributed by atoms with Crippen molar-refractivity contribution >= 4 is 51.6 Å². The molecule has 0 spiro atoms. The number of hydrogen-bond acceptors (Lipinski definition) is 4. The van der Waals surface area contributed by atoms with Gasteiger partial charge in [0.1, 0.15) is 21.8 Å². The van der Waals surface area contributed by atoms with Gasteiger partial charge in [0.15, 0.2) is 4.47 Å². The van der Waals surface area contributed by atoms with Crippen molar-refractivity contribution in [3.05, 3.63) is 15.5 Å². The molecular weight excluding hydrogens is 287 g/mol. The lowest BCUT2D eigenvalue weighted by atomic mass is 10.3. The molecule has 0 amide bonds. The predicted octanol–water partition coefficient (Wildman–Crippen LogP) is 3.29. The zero-order valence-corrected chi connectivity index (χ0v) is 12.3. The Balaban J connectivity index is 2.94. The van der Waals surface area contributed by atoms with Gasteiger partial charge in [0.05, 0.1) is 10.8 Å². The maximum Gasteiger partial charge on any atom is 0.184 e. The van der Waals surface area contributed by atoms with Gasteiger partial charge in [-0.3, -0.25) is 0 Å². The van der Waals surface area contributed by atoms with Crippen LogP contribution in [0.2, 0.25) is 4.47 Å². The van der Waals surface area contributed by atoms with Crippen molar-refractivity contribution in [3.8, 4) is 0 Å². The number of alkyl halides is 1. The summed E-state index contributed by atoms with van der Waals surface area (Å²) in [5.74, 6) is 0.195. The van der Waals surface area contributed by atoms with Crippen LogP contribution in [-0.2, 0) is 11.4 Å². The average molecular weight is 299 g/mol. The molecule has 1 unspecified atom stereocenters. The molecule has 0 aromatic carbocycles. The van der Waals surface area contributed by atoms with Crippen molar-refractivity contribution in [2.45, 2.75) is 25.5 Å². The Morgan fingerprint density at radius 3 is 2.62 bits per heavy atom. The second-order valence-corrected chi connectivity index (χ2v) is 7.80. The molecule has 0 aliphatic rings. The highest BCUT2D eigenvalue weighted by atomic mass is 35.5. The molecule has 0 N–H and O–H groups in total. The van der Waals surface area contributed by atoms with Crippen LogP contribution in [0.4, 0.5) is 0 Å². The molecule has 1 atom stereocenters. The third-order valence-electron chi connectivity index (χ3n) is 1.61. The van der Waals surface area contributed by atoms with Gasteiger partial charge in [0.2, 0.25) is 0 Å². The minimum Gasteiger partial charge on any atom is -0.591 e. The second kappa shape index (κ2) is 5.69.